The van der Waals surface area contributed by atoms with Gasteiger partial charge in [0.25, 0.3) is 0 Å². The standard InChI is InChI=1S/C19H30FN3O2.HI/c1-3-25-18(24)8-6-4-5-7-14-22-19(21-2)23-15-13-16-9-11-17(20)12-10-16;/h9-12H,3-8,13-15H2,1-2H3,(H2,21,22,23);1H. The molecule has 7 heteroatoms. The number of nitrogens with one attached hydrogen (secondary N) is 2. The van der Waals surface area contributed by atoms with Crippen molar-refractivity contribution in [3.05, 3.63) is 35.6 Å². The van der Waals surface area contributed by atoms with Crippen molar-refractivity contribution < 1.29 is 13.9 Å². The second kappa shape index (κ2) is 15.8. The van der Waals surface area contributed by atoms with Crippen LogP contribution in [0.3, 0.4) is 0 Å². The van der Waals surface area contributed by atoms with Crippen molar-refractivity contribution in [1.29, 1.82) is 0 Å². The molecule has 26 heavy (non-hydrogen) atoms. The Morgan fingerprint density at radius 2 is 1.73 bits per heavy atom. The van der Waals surface area contributed by atoms with Crippen molar-refractivity contribution >= 4 is 35.9 Å². The predicted molar refractivity (Wildman–Crippen MR) is 115 cm³/mol. The third kappa shape index (κ3) is 12.1. The maximum atomic E-state index is 12.8. The summed E-state index contributed by atoms with van der Waals surface area (Å²) in [6.45, 7) is 3.86. The van der Waals surface area contributed by atoms with Gasteiger partial charge in [-0.15, -0.1) is 24.0 Å². The summed E-state index contributed by atoms with van der Waals surface area (Å²) in [6, 6.07) is 6.54. The summed E-state index contributed by atoms with van der Waals surface area (Å²) in [5.74, 6) is 0.455. The average molecular weight is 479 g/mol. The molecule has 1 rings (SSSR count). The van der Waals surface area contributed by atoms with E-state index in [9.17, 15) is 9.18 Å². The minimum absolute atomic E-state index is 0. The molecule has 0 unspecified atom stereocenters. The van der Waals surface area contributed by atoms with Crippen molar-refractivity contribution in [2.45, 2.75) is 45.4 Å². The van der Waals surface area contributed by atoms with E-state index in [1.54, 1.807) is 19.2 Å². The smallest absolute Gasteiger partial charge is 0.305 e. The van der Waals surface area contributed by atoms with Crippen LogP contribution < -0.4 is 10.6 Å². The largest absolute Gasteiger partial charge is 0.466 e. The first kappa shape index (κ1) is 24.6. The number of ether oxygens (including phenoxy) is 1. The summed E-state index contributed by atoms with van der Waals surface area (Å²) in [4.78, 5) is 15.4. The molecule has 0 amide bonds. The van der Waals surface area contributed by atoms with Crippen LogP contribution >= 0.6 is 24.0 Å². The van der Waals surface area contributed by atoms with Gasteiger partial charge in [-0.1, -0.05) is 25.0 Å². The van der Waals surface area contributed by atoms with E-state index in [-0.39, 0.29) is 35.8 Å². The van der Waals surface area contributed by atoms with Crippen LogP contribution in [-0.4, -0.2) is 38.7 Å². The topological polar surface area (TPSA) is 62.7 Å². The highest BCUT2D eigenvalue weighted by molar-refractivity contribution is 14.0. The van der Waals surface area contributed by atoms with Gasteiger partial charge in [-0.25, -0.2) is 4.39 Å². The van der Waals surface area contributed by atoms with Gasteiger partial charge in [0.1, 0.15) is 5.82 Å². The first-order chi connectivity index (χ1) is 12.2. The van der Waals surface area contributed by atoms with E-state index in [0.29, 0.717) is 13.0 Å². The molecule has 0 saturated heterocycles. The predicted octanol–water partition coefficient (Wildman–Crippen LogP) is 3.66. The number of guanidine groups is 1. The zero-order valence-electron chi connectivity index (χ0n) is 15.7. The van der Waals surface area contributed by atoms with Crippen molar-refractivity contribution in [2.75, 3.05) is 26.7 Å². The third-order valence-corrected chi connectivity index (χ3v) is 3.75. The van der Waals surface area contributed by atoms with E-state index in [0.717, 1.165) is 56.7 Å². The van der Waals surface area contributed by atoms with Crippen LogP contribution in [0, 0.1) is 5.82 Å². The molecule has 0 aliphatic heterocycles. The molecule has 2 N–H and O–H groups in total. The second-order valence-electron chi connectivity index (χ2n) is 5.77. The van der Waals surface area contributed by atoms with Gasteiger partial charge in [-0.05, 0) is 43.9 Å². The number of aliphatic imine (C=N–C) groups is 1. The van der Waals surface area contributed by atoms with Crippen LogP contribution in [0.2, 0.25) is 0 Å². The number of hydrogen-bond acceptors (Lipinski definition) is 3. The Balaban J connectivity index is 0.00000625. The monoisotopic (exact) mass is 479 g/mol. The van der Waals surface area contributed by atoms with Crippen molar-refractivity contribution in [2.24, 2.45) is 4.99 Å². The van der Waals surface area contributed by atoms with Crippen molar-refractivity contribution in [1.82, 2.24) is 10.6 Å². The number of benzene rings is 1. The Kier molecular flexibility index (Phi) is 15.0. The first-order valence-corrected chi connectivity index (χ1v) is 9.00. The molecule has 1 aromatic rings. The average Bonchev–Trinajstić information content (AvgIpc) is 2.61. The molecular formula is C19H31FIN3O2. The molecule has 0 radical (unpaired) electrons. The van der Waals surface area contributed by atoms with E-state index in [2.05, 4.69) is 15.6 Å². The van der Waals surface area contributed by atoms with Gasteiger partial charge in [0.05, 0.1) is 6.61 Å². The number of unbranched alkanes of at least 4 members (excludes halogenated alkanes) is 3. The van der Waals surface area contributed by atoms with E-state index in [1.807, 2.05) is 6.92 Å². The minimum Gasteiger partial charge on any atom is -0.466 e. The summed E-state index contributed by atoms with van der Waals surface area (Å²) in [5.41, 5.74) is 1.09. The maximum Gasteiger partial charge on any atom is 0.305 e. The molecule has 0 heterocycles. The minimum atomic E-state index is -0.212. The van der Waals surface area contributed by atoms with Crippen LogP contribution in [0.1, 0.15) is 44.6 Å². The van der Waals surface area contributed by atoms with Crippen LogP contribution in [0.5, 0.6) is 0 Å². The van der Waals surface area contributed by atoms with Crippen molar-refractivity contribution in [3.8, 4) is 0 Å². The highest BCUT2D eigenvalue weighted by atomic mass is 127. The zero-order chi connectivity index (χ0) is 18.3. The zero-order valence-corrected chi connectivity index (χ0v) is 18.1. The molecule has 0 aliphatic rings. The quantitative estimate of drug-likeness (QED) is 0.167. The lowest BCUT2D eigenvalue weighted by atomic mass is 10.1. The molecule has 0 aromatic heterocycles. The number of esters is 1. The van der Waals surface area contributed by atoms with E-state index in [1.165, 1.54) is 12.1 Å². The summed E-state index contributed by atoms with van der Waals surface area (Å²) in [6.07, 6.45) is 5.32. The highest BCUT2D eigenvalue weighted by Crippen LogP contribution is 2.04. The molecule has 5 nitrogen and oxygen atoms in total. The fourth-order valence-corrected chi connectivity index (χ4v) is 2.38. The fourth-order valence-electron chi connectivity index (χ4n) is 2.38. The lowest BCUT2D eigenvalue weighted by Crippen LogP contribution is -2.38. The number of carbonyl (C=O) groups excluding carboxylic acids is 1. The molecule has 0 atom stereocenters. The summed E-state index contributed by atoms with van der Waals surface area (Å²) in [7, 11) is 1.74. The summed E-state index contributed by atoms with van der Waals surface area (Å²) >= 11 is 0. The van der Waals surface area contributed by atoms with E-state index in [4.69, 9.17) is 4.74 Å². The highest BCUT2D eigenvalue weighted by Gasteiger charge is 2.01. The van der Waals surface area contributed by atoms with Gasteiger partial charge >= 0.3 is 5.97 Å². The first-order valence-electron chi connectivity index (χ1n) is 9.00. The fraction of sp³-hybridized carbons (Fsp3) is 0.579. The van der Waals surface area contributed by atoms with Gasteiger partial charge in [0.2, 0.25) is 0 Å². The van der Waals surface area contributed by atoms with Gasteiger partial charge in [-0.2, -0.15) is 0 Å². The lowest BCUT2D eigenvalue weighted by Gasteiger charge is -2.12. The summed E-state index contributed by atoms with van der Waals surface area (Å²) < 4.78 is 17.7. The number of hydrogen-bond donors (Lipinski definition) is 2. The number of halogens is 2. The number of carbonyl (C=O) groups is 1. The van der Waals surface area contributed by atoms with Crippen LogP contribution in [0.4, 0.5) is 4.39 Å². The van der Waals surface area contributed by atoms with Gasteiger partial charge in [0.15, 0.2) is 5.96 Å². The molecule has 0 fully saturated rings. The Morgan fingerprint density at radius 1 is 1.08 bits per heavy atom. The molecule has 0 bridgehead atoms. The molecule has 0 aliphatic carbocycles. The van der Waals surface area contributed by atoms with E-state index >= 15 is 0 Å². The molecule has 0 saturated carbocycles. The van der Waals surface area contributed by atoms with Gasteiger partial charge in [0, 0.05) is 26.6 Å². The third-order valence-electron chi connectivity index (χ3n) is 3.75. The Hall–Kier alpha value is -1.38. The second-order valence-corrected chi connectivity index (χ2v) is 5.77. The molecule has 1 aromatic carbocycles. The molecule has 148 valence electrons. The van der Waals surface area contributed by atoms with Gasteiger partial charge in [-0.3, -0.25) is 9.79 Å². The normalized spacial score (nSPS) is 10.8. The number of nitrogens with zero attached hydrogens (tertiary/aromatic N) is 1. The van der Waals surface area contributed by atoms with E-state index < -0.39 is 0 Å². The van der Waals surface area contributed by atoms with Crippen molar-refractivity contribution in [3.63, 3.8) is 0 Å². The Morgan fingerprint density at radius 3 is 2.38 bits per heavy atom. The van der Waals surface area contributed by atoms with Crippen LogP contribution in [0.15, 0.2) is 29.3 Å². The van der Waals surface area contributed by atoms with Gasteiger partial charge < -0.3 is 15.4 Å². The Bertz CT molecular complexity index is 524. The van der Waals surface area contributed by atoms with Crippen LogP contribution in [-0.2, 0) is 16.0 Å². The summed E-state index contributed by atoms with van der Waals surface area (Å²) in [5, 5.41) is 6.52. The Labute approximate surface area is 173 Å². The molecule has 0 spiro atoms. The maximum absolute atomic E-state index is 12.8. The lowest BCUT2D eigenvalue weighted by molar-refractivity contribution is -0.143. The SMILES string of the molecule is CCOC(=O)CCCCCCNC(=NC)NCCc1ccc(F)cc1.I. The molecular weight excluding hydrogens is 448 g/mol. The number of rotatable bonds is 11. The van der Waals surface area contributed by atoms with Crippen LogP contribution in [0.25, 0.3) is 0 Å².